The lowest BCUT2D eigenvalue weighted by Crippen LogP contribution is -2.68. The molecular formula is C15H29N3O. The van der Waals surface area contributed by atoms with Crippen LogP contribution in [0.1, 0.15) is 52.4 Å². The number of guanidine groups is 1. The zero-order valence-corrected chi connectivity index (χ0v) is 12.7. The highest BCUT2D eigenvalue weighted by atomic mass is 16.5. The van der Waals surface area contributed by atoms with E-state index in [9.17, 15) is 0 Å². The van der Waals surface area contributed by atoms with E-state index in [0.717, 1.165) is 25.5 Å². The summed E-state index contributed by atoms with van der Waals surface area (Å²) in [6, 6.07) is 0.547. The first kappa shape index (κ1) is 14.6. The van der Waals surface area contributed by atoms with Crippen molar-refractivity contribution in [3.05, 3.63) is 0 Å². The fraction of sp³-hybridized carbons (Fsp3) is 0.933. The van der Waals surface area contributed by atoms with E-state index >= 15 is 0 Å². The molecule has 2 aliphatic carbocycles. The van der Waals surface area contributed by atoms with Crippen molar-refractivity contribution in [2.24, 2.45) is 10.4 Å². The lowest BCUT2D eigenvalue weighted by Gasteiger charge is -2.61. The monoisotopic (exact) mass is 267 g/mol. The summed E-state index contributed by atoms with van der Waals surface area (Å²) in [5.74, 6) is 0.958. The Balaban J connectivity index is 1.82. The zero-order chi connectivity index (χ0) is 13.7. The predicted octanol–water partition coefficient (Wildman–Crippen LogP) is 2.30. The van der Waals surface area contributed by atoms with E-state index in [-0.39, 0.29) is 0 Å². The van der Waals surface area contributed by atoms with Crippen molar-refractivity contribution in [1.29, 1.82) is 0 Å². The molecule has 0 aromatic rings. The van der Waals surface area contributed by atoms with E-state index in [1.54, 1.807) is 0 Å². The molecule has 2 saturated carbocycles. The molecule has 2 unspecified atom stereocenters. The van der Waals surface area contributed by atoms with Crippen LogP contribution in [0, 0.1) is 5.41 Å². The second kappa shape index (κ2) is 6.60. The molecule has 2 fully saturated rings. The Labute approximate surface area is 117 Å². The van der Waals surface area contributed by atoms with Gasteiger partial charge in [-0.15, -0.1) is 0 Å². The topological polar surface area (TPSA) is 45.7 Å². The van der Waals surface area contributed by atoms with Gasteiger partial charge in [-0.3, -0.25) is 4.99 Å². The van der Waals surface area contributed by atoms with Crippen LogP contribution in [0.4, 0.5) is 0 Å². The van der Waals surface area contributed by atoms with Gasteiger partial charge in [0, 0.05) is 31.7 Å². The molecule has 4 nitrogen and oxygen atoms in total. The van der Waals surface area contributed by atoms with Crippen molar-refractivity contribution in [3.63, 3.8) is 0 Å². The van der Waals surface area contributed by atoms with Crippen molar-refractivity contribution in [1.82, 2.24) is 10.6 Å². The molecule has 0 aliphatic heterocycles. The molecule has 1 spiro atoms. The standard InChI is InChI=1S/C15H29N3O/c1-4-6-10-17-14(16-3)18-12-11-13(19-5-2)15(12)8-7-9-15/h12-13H,4-11H2,1-3H3,(H2,16,17,18). The lowest BCUT2D eigenvalue weighted by atomic mass is 9.51. The van der Waals surface area contributed by atoms with E-state index in [1.807, 2.05) is 7.05 Å². The summed E-state index contributed by atoms with van der Waals surface area (Å²) in [6.07, 6.45) is 7.97. The predicted molar refractivity (Wildman–Crippen MR) is 79.5 cm³/mol. The summed E-state index contributed by atoms with van der Waals surface area (Å²) in [7, 11) is 1.85. The van der Waals surface area contributed by atoms with Gasteiger partial charge in [0.05, 0.1) is 6.10 Å². The maximum atomic E-state index is 5.88. The third kappa shape index (κ3) is 2.88. The molecule has 0 amide bonds. The second-order valence-corrected chi connectivity index (χ2v) is 5.82. The minimum absolute atomic E-state index is 0.401. The molecule has 0 aromatic carbocycles. The number of hydrogen-bond donors (Lipinski definition) is 2. The summed E-state index contributed by atoms with van der Waals surface area (Å²) in [5.41, 5.74) is 0.401. The Morgan fingerprint density at radius 1 is 1.37 bits per heavy atom. The van der Waals surface area contributed by atoms with Gasteiger partial charge in [0.25, 0.3) is 0 Å². The van der Waals surface area contributed by atoms with Crippen LogP contribution in [0.3, 0.4) is 0 Å². The molecule has 0 saturated heterocycles. The molecule has 2 rings (SSSR count). The van der Waals surface area contributed by atoms with Crippen LogP contribution in [-0.4, -0.2) is 38.3 Å². The number of nitrogens with zero attached hydrogens (tertiary/aromatic N) is 1. The van der Waals surface area contributed by atoms with Crippen LogP contribution in [-0.2, 0) is 4.74 Å². The van der Waals surface area contributed by atoms with Crippen molar-refractivity contribution >= 4 is 5.96 Å². The molecule has 2 aliphatic rings. The largest absolute Gasteiger partial charge is 0.378 e. The van der Waals surface area contributed by atoms with Crippen LogP contribution < -0.4 is 10.6 Å². The number of aliphatic imine (C=N–C) groups is 1. The summed E-state index contributed by atoms with van der Waals surface area (Å²) in [5, 5.41) is 7.00. The highest BCUT2D eigenvalue weighted by Crippen LogP contribution is 2.57. The van der Waals surface area contributed by atoms with Crippen molar-refractivity contribution in [2.45, 2.75) is 64.5 Å². The average Bonchev–Trinajstić information content (AvgIpc) is 2.33. The average molecular weight is 267 g/mol. The van der Waals surface area contributed by atoms with E-state index < -0.39 is 0 Å². The summed E-state index contributed by atoms with van der Waals surface area (Å²) in [4.78, 5) is 4.33. The van der Waals surface area contributed by atoms with Crippen LogP contribution in [0.2, 0.25) is 0 Å². The van der Waals surface area contributed by atoms with Gasteiger partial charge in [-0.25, -0.2) is 0 Å². The number of ether oxygens (including phenoxy) is 1. The van der Waals surface area contributed by atoms with Gasteiger partial charge in [0.2, 0.25) is 0 Å². The number of hydrogen-bond acceptors (Lipinski definition) is 2. The minimum Gasteiger partial charge on any atom is -0.378 e. The summed E-state index contributed by atoms with van der Waals surface area (Å²) >= 11 is 0. The molecule has 110 valence electrons. The van der Waals surface area contributed by atoms with Gasteiger partial charge in [0.15, 0.2) is 5.96 Å². The Morgan fingerprint density at radius 3 is 2.68 bits per heavy atom. The SMILES string of the molecule is CCCCNC(=NC)NC1CC(OCC)C12CCC2. The molecule has 0 bridgehead atoms. The van der Waals surface area contributed by atoms with Gasteiger partial charge in [0.1, 0.15) is 0 Å². The normalized spacial score (nSPS) is 28.7. The quantitative estimate of drug-likeness (QED) is 0.441. The van der Waals surface area contributed by atoms with Gasteiger partial charge in [-0.2, -0.15) is 0 Å². The van der Waals surface area contributed by atoms with E-state index in [2.05, 4.69) is 29.5 Å². The number of unbranched alkanes of at least 4 members (excludes halogenated alkanes) is 1. The summed E-state index contributed by atoms with van der Waals surface area (Å²) in [6.45, 7) is 6.14. The molecule has 2 atom stereocenters. The van der Waals surface area contributed by atoms with E-state index in [1.165, 1.54) is 32.1 Å². The Hall–Kier alpha value is -0.770. The minimum atomic E-state index is 0.401. The molecule has 19 heavy (non-hydrogen) atoms. The third-order valence-electron chi connectivity index (χ3n) is 4.79. The highest BCUT2D eigenvalue weighted by Gasteiger charge is 2.59. The van der Waals surface area contributed by atoms with Crippen LogP contribution in [0.15, 0.2) is 4.99 Å². The number of nitrogens with one attached hydrogen (secondary N) is 2. The molecule has 2 N–H and O–H groups in total. The highest BCUT2D eigenvalue weighted by molar-refractivity contribution is 5.80. The maximum Gasteiger partial charge on any atom is 0.191 e. The molecule has 4 heteroatoms. The first-order chi connectivity index (χ1) is 9.26. The first-order valence-electron chi connectivity index (χ1n) is 7.85. The Kier molecular flexibility index (Phi) is 5.08. The van der Waals surface area contributed by atoms with Gasteiger partial charge in [-0.1, -0.05) is 19.8 Å². The fourth-order valence-corrected chi connectivity index (χ4v) is 3.38. The van der Waals surface area contributed by atoms with Crippen molar-refractivity contribution < 1.29 is 4.74 Å². The Bertz CT molecular complexity index is 313. The lowest BCUT2D eigenvalue weighted by molar-refractivity contribution is -0.168. The second-order valence-electron chi connectivity index (χ2n) is 5.82. The zero-order valence-electron chi connectivity index (χ0n) is 12.7. The van der Waals surface area contributed by atoms with E-state index in [4.69, 9.17) is 4.74 Å². The summed E-state index contributed by atoms with van der Waals surface area (Å²) < 4.78 is 5.88. The van der Waals surface area contributed by atoms with Crippen molar-refractivity contribution in [2.75, 3.05) is 20.2 Å². The fourth-order valence-electron chi connectivity index (χ4n) is 3.38. The van der Waals surface area contributed by atoms with E-state index in [0.29, 0.717) is 17.6 Å². The first-order valence-corrected chi connectivity index (χ1v) is 7.85. The van der Waals surface area contributed by atoms with Crippen LogP contribution in [0.5, 0.6) is 0 Å². The van der Waals surface area contributed by atoms with Crippen LogP contribution >= 0.6 is 0 Å². The van der Waals surface area contributed by atoms with Gasteiger partial charge in [-0.05, 0) is 32.6 Å². The number of rotatable bonds is 6. The van der Waals surface area contributed by atoms with Gasteiger partial charge < -0.3 is 15.4 Å². The Morgan fingerprint density at radius 2 is 2.16 bits per heavy atom. The maximum absolute atomic E-state index is 5.88. The van der Waals surface area contributed by atoms with Gasteiger partial charge >= 0.3 is 0 Å². The molecule has 0 radical (unpaired) electrons. The molecule has 0 heterocycles. The molecular weight excluding hydrogens is 238 g/mol. The van der Waals surface area contributed by atoms with Crippen LogP contribution in [0.25, 0.3) is 0 Å². The third-order valence-corrected chi connectivity index (χ3v) is 4.79. The molecule has 0 aromatic heterocycles. The smallest absolute Gasteiger partial charge is 0.191 e. The van der Waals surface area contributed by atoms with Crippen molar-refractivity contribution in [3.8, 4) is 0 Å².